The van der Waals surface area contributed by atoms with Gasteiger partial charge in [-0.1, -0.05) is 42.5 Å². The van der Waals surface area contributed by atoms with Crippen LogP contribution in [0.4, 0.5) is 5.82 Å². The average Bonchev–Trinajstić information content (AvgIpc) is 3.19. The van der Waals surface area contributed by atoms with Crippen LogP contribution in [0.25, 0.3) is 20.7 Å². The second-order valence-corrected chi connectivity index (χ2v) is 7.02. The smallest absolute Gasteiger partial charge is 0.158 e. The number of fused-ring (bicyclic) bond motifs is 1. The first-order valence-electron chi connectivity index (χ1n) is 8.71. The van der Waals surface area contributed by atoms with E-state index < -0.39 is 12.6 Å². The van der Waals surface area contributed by atoms with Gasteiger partial charge in [-0.15, -0.1) is 11.3 Å². The van der Waals surface area contributed by atoms with Gasteiger partial charge in [-0.2, -0.15) is 5.10 Å². The summed E-state index contributed by atoms with van der Waals surface area (Å²) >= 11 is 1.58. The highest BCUT2D eigenvalue weighted by Gasteiger charge is 2.09. The maximum Gasteiger partial charge on any atom is 0.158 e. The normalized spacial score (nSPS) is 11.0. The van der Waals surface area contributed by atoms with Gasteiger partial charge in [0.1, 0.15) is 23.5 Å². The van der Waals surface area contributed by atoms with Crippen LogP contribution in [0.15, 0.2) is 72.1 Å². The van der Waals surface area contributed by atoms with Crippen molar-refractivity contribution in [3.05, 3.63) is 72.6 Å². The highest BCUT2D eigenvalue weighted by Crippen LogP contribution is 2.34. The number of hydrazone groups is 1. The van der Waals surface area contributed by atoms with Gasteiger partial charge in [0, 0.05) is 10.4 Å². The SMILES string of the molecule is O=C([O-])COc1ccccc1/C=N\Nc1ncnc2sc(-c3ccccc3)cc12. The van der Waals surface area contributed by atoms with Crippen LogP contribution in [0.5, 0.6) is 5.75 Å². The summed E-state index contributed by atoms with van der Waals surface area (Å²) in [7, 11) is 0. The number of benzene rings is 2. The molecule has 7 nitrogen and oxygen atoms in total. The largest absolute Gasteiger partial charge is 0.546 e. The Morgan fingerprint density at radius 2 is 1.93 bits per heavy atom. The lowest BCUT2D eigenvalue weighted by Crippen LogP contribution is -2.29. The highest BCUT2D eigenvalue weighted by atomic mass is 32.1. The van der Waals surface area contributed by atoms with Crippen molar-refractivity contribution in [3.8, 4) is 16.2 Å². The Kier molecular flexibility index (Phi) is 5.44. The van der Waals surface area contributed by atoms with Gasteiger partial charge in [-0.25, -0.2) is 9.97 Å². The number of aromatic nitrogens is 2. The minimum Gasteiger partial charge on any atom is -0.546 e. The number of ether oxygens (including phenoxy) is 1. The molecule has 0 fully saturated rings. The van der Waals surface area contributed by atoms with Crippen molar-refractivity contribution in [2.75, 3.05) is 12.0 Å². The average molecular weight is 403 g/mol. The lowest BCUT2D eigenvalue weighted by Gasteiger charge is -2.09. The molecule has 2 aromatic heterocycles. The molecule has 0 amide bonds. The van der Waals surface area contributed by atoms with E-state index in [1.54, 1.807) is 41.8 Å². The van der Waals surface area contributed by atoms with E-state index in [2.05, 4.69) is 20.5 Å². The monoisotopic (exact) mass is 403 g/mol. The number of para-hydroxylation sites is 1. The van der Waals surface area contributed by atoms with E-state index in [1.165, 1.54) is 6.33 Å². The van der Waals surface area contributed by atoms with Gasteiger partial charge in [0.05, 0.1) is 17.6 Å². The molecule has 1 N–H and O–H groups in total. The van der Waals surface area contributed by atoms with Crippen LogP contribution in [0.2, 0.25) is 0 Å². The minimum absolute atomic E-state index is 0.400. The van der Waals surface area contributed by atoms with Crippen molar-refractivity contribution in [2.45, 2.75) is 0 Å². The number of hydrogen-bond acceptors (Lipinski definition) is 8. The molecule has 4 rings (SSSR count). The second-order valence-electron chi connectivity index (χ2n) is 5.99. The Hall–Kier alpha value is -3.78. The molecule has 0 saturated carbocycles. The summed E-state index contributed by atoms with van der Waals surface area (Å²) in [5, 5.41) is 15.7. The van der Waals surface area contributed by atoms with E-state index in [4.69, 9.17) is 4.74 Å². The standard InChI is InChI=1S/C21H16N4O3S/c26-19(27)12-28-17-9-5-4-8-15(17)11-24-25-20-16-10-18(14-6-2-1-3-7-14)29-21(16)23-13-22-20/h1-11,13H,12H2,(H,26,27)(H,22,23,25)/p-1/b24-11-. The third kappa shape index (κ3) is 4.39. The van der Waals surface area contributed by atoms with Crippen molar-refractivity contribution in [1.82, 2.24) is 9.97 Å². The molecule has 8 heteroatoms. The number of hydrogen-bond donors (Lipinski definition) is 1. The van der Waals surface area contributed by atoms with Crippen LogP contribution in [0.3, 0.4) is 0 Å². The number of carbonyl (C=O) groups excluding carboxylic acids is 1. The van der Waals surface area contributed by atoms with E-state index >= 15 is 0 Å². The first-order chi connectivity index (χ1) is 14.2. The number of carboxylic acids is 1. The minimum atomic E-state index is -1.29. The lowest BCUT2D eigenvalue weighted by molar-refractivity contribution is -0.307. The fourth-order valence-electron chi connectivity index (χ4n) is 2.71. The van der Waals surface area contributed by atoms with E-state index in [-0.39, 0.29) is 0 Å². The summed E-state index contributed by atoms with van der Waals surface area (Å²) in [6, 6.07) is 19.1. The van der Waals surface area contributed by atoms with Crippen LogP contribution in [0, 0.1) is 0 Å². The van der Waals surface area contributed by atoms with E-state index in [0.717, 1.165) is 20.7 Å². The Morgan fingerprint density at radius 3 is 2.76 bits per heavy atom. The first kappa shape index (κ1) is 18.6. The van der Waals surface area contributed by atoms with Gasteiger partial charge < -0.3 is 14.6 Å². The molecule has 2 heterocycles. The van der Waals surface area contributed by atoms with Crippen LogP contribution >= 0.6 is 11.3 Å². The number of nitrogens with one attached hydrogen (secondary N) is 1. The van der Waals surface area contributed by atoms with Crippen molar-refractivity contribution in [1.29, 1.82) is 0 Å². The predicted octanol–water partition coefficient (Wildman–Crippen LogP) is 2.93. The topological polar surface area (TPSA) is 99.5 Å². The summed E-state index contributed by atoms with van der Waals surface area (Å²) in [5.74, 6) is -0.306. The second kappa shape index (κ2) is 8.49. The lowest BCUT2D eigenvalue weighted by atomic mass is 10.2. The zero-order valence-corrected chi connectivity index (χ0v) is 15.9. The van der Waals surface area contributed by atoms with Crippen LogP contribution < -0.4 is 15.3 Å². The zero-order chi connectivity index (χ0) is 20.1. The van der Waals surface area contributed by atoms with Crippen LogP contribution in [0.1, 0.15) is 5.56 Å². The number of anilines is 1. The Bertz CT molecular complexity index is 1170. The zero-order valence-electron chi connectivity index (χ0n) is 15.1. The molecule has 0 unspecified atom stereocenters. The maximum absolute atomic E-state index is 10.6. The molecular weight excluding hydrogens is 388 g/mol. The van der Waals surface area contributed by atoms with Crippen LogP contribution in [-0.4, -0.2) is 28.8 Å². The van der Waals surface area contributed by atoms with Gasteiger partial charge in [-0.3, -0.25) is 5.43 Å². The molecule has 0 aliphatic carbocycles. The van der Waals surface area contributed by atoms with Gasteiger partial charge in [0.25, 0.3) is 0 Å². The number of nitrogens with zero attached hydrogens (tertiary/aromatic N) is 3. The molecule has 0 aliphatic rings. The third-order valence-electron chi connectivity index (χ3n) is 4.03. The summed E-state index contributed by atoms with van der Waals surface area (Å²) in [4.78, 5) is 21.2. The van der Waals surface area contributed by atoms with Crippen molar-refractivity contribution in [3.63, 3.8) is 0 Å². The molecular formula is C21H15N4O3S-. The summed E-state index contributed by atoms with van der Waals surface area (Å²) in [6.07, 6.45) is 3.03. The summed E-state index contributed by atoms with van der Waals surface area (Å²) in [5.41, 5.74) is 4.68. The molecule has 29 heavy (non-hydrogen) atoms. The molecule has 0 atom stereocenters. The quantitative estimate of drug-likeness (QED) is 0.376. The molecule has 0 radical (unpaired) electrons. The Balaban J connectivity index is 1.56. The number of rotatable bonds is 7. The van der Waals surface area contributed by atoms with E-state index in [9.17, 15) is 9.90 Å². The number of carboxylic acid groups (broad SMARTS) is 1. The Morgan fingerprint density at radius 1 is 1.14 bits per heavy atom. The van der Waals surface area contributed by atoms with E-state index in [0.29, 0.717) is 17.1 Å². The van der Waals surface area contributed by atoms with Gasteiger partial charge >= 0.3 is 0 Å². The van der Waals surface area contributed by atoms with Crippen molar-refractivity contribution < 1.29 is 14.6 Å². The maximum atomic E-state index is 10.6. The van der Waals surface area contributed by atoms with Crippen LogP contribution in [-0.2, 0) is 4.79 Å². The Labute approximate surface area is 170 Å². The van der Waals surface area contributed by atoms with E-state index in [1.807, 2.05) is 36.4 Å². The fraction of sp³-hybridized carbons (Fsp3) is 0.0476. The summed E-state index contributed by atoms with van der Waals surface area (Å²) in [6.45, 7) is -0.526. The third-order valence-corrected chi connectivity index (χ3v) is 5.12. The molecule has 0 spiro atoms. The van der Waals surface area contributed by atoms with Gasteiger partial charge in [0.2, 0.25) is 0 Å². The molecule has 4 aromatic rings. The van der Waals surface area contributed by atoms with Gasteiger partial charge in [-0.05, 0) is 23.8 Å². The van der Waals surface area contributed by atoms with Gasteiger partial charge in [0.15, 0.2) is 5.82 Å². The number of carbonyl (C=O) groups is 1. The molecule has 0 aliphatic heterocycles. The van der Waals surface area contributed by atoms with Crippen molar-refractivity contribution >= 4 is 39.6 Å². The molecule has 0 saturated heterocycles. The predicted molar refractivity (Wildman–Crippen MR) is 111 cm³/mol. The number of thiophene rings is 1. The molecule has 0 bridgehead atoms. The first-order valence-corrected chi connectivity index (χ1v) is 9.53. The summed E-state index contributed by atoms with van der Waals surface area (Å²) < 4.78 is 5.22. The van der Waals surface area contributed by atoms with Crippen molar-refractivity contribution in [2.24, 2.45) is 5.10 Å². The molecule has 144 valence electrons. The highest BCUT2D eigenvalue weighted by molar-refractivity contribution is 7.21. The fourth-order valence-corrected chi connectivity index (χ4v) is 3.71. The number of aliphatic carboxylic acids is 1. The molecule has 2 aromatic carbocycles.